The van der Waals surface area contributed by atoms with E-state index in [9.17, 15) is 4.79 Å². The largest absolute Gasteiger partial charge is 0.469 e. The molecule has 2 nitrogen and oxygen atoms in total. The Kier molecular flexibility index (Phi) is 3.89. The van der Waals surface area contributed by atoms with E-state index in [0.29, 0.717) is 5.75 Å². The van der Waals surface area contributed by atoms with E-state index < -0.39 is 0 Å². The van der Waals surface area contributed by atoms with Crippen LogP contribution in [-0.2, 0) is 9.53 Å². The maximum Gasteiger partial charge on any atom is 0.310 e. The molecule has 1 radical (unpaired) electrons. The molecule has 0 atom stereocenters. The second kappa shape index (κ2) is 3.99. The summed E-state index contributed by atoms with van der Waals surface area (Å²) in [4.78, 5) is 10.1. The average Bonchev–Trinajstić information content (AvgIpc) is 1.68. The van der Waals surface area contributed by atoms with Crippen LogP contribution in [0.1, 0.15) is 0 Å². The van der Waals surface area contributed by atoms with Crippen LogP contribution in [0.3, 0.4) is 0 Å². The molecule has 0 heterocycles. The number of carbonyl (C=O) groups is 1. The number of thiol groups is 1. The van der Waals surface area contributed by atoms with Gasteiger partial charge in [0.1, 0.15) is 0 Å². The molecule has 0 rings (SSSR count). The lowest BCUT2D eigenvalue weighted by molar-refractivity contribution is -0.136. The van der Waals surface area contributed by atoms with E-state index in [4.69, 9.17) is 0 Å². The smallest absolute Gasteiger partial charge is 0.310 e. The van der Waals surface area contributed by atoms with Crippen LogP contribution in [0.15, 0.2) is 0 Å². The highest BCUT2D eigenvalue weighted by atomic mass is 32.1. The van der Waals surface area contributed by atoms with Crippen molar-refractivity contribution in [1.29, 1.82) is 0 Å². The highest BCUT2D eigenvalue weighted by Crippen LogP contribution is 1.82. The molecule has 0 aromatic carbocycles. The summed E-state index contributed by atoms with van der Waals surface area (Å²) < 4.78 is 4.25. The van der Waals surface area contributed by atoms with Crippen molar-refractivity contribution in [2.75, 3.05) is 12.9 Å². The van der Waals surface area contributed by atoms with E-state index in [2.05, 4.69) is 17.4 Å². The Labute approximate surface area is 48.3 Å². The van der Waals surface area contributed by atoms with Gasteiger partial charge < -0.3 is 4.74 Å². The molecule has 0 spiro atoms. The van der Waals surface area contributed by atoms with E-state index in [1.807, 2.05) is 0 Å². The molecule has 0 aliphatic rings. The molecule has 3 heteroatoms. The molecule has 0 amide bonds. The standard InChI is InChI=1S/C4H7O2S/c1-6-4(5)2-3-7/h2,7H,3H2,1H3. The van der Waals surface area contributed by atoms with Gasteiger partial charge in [-0.05, 0) is 0 Å². The molecular formula is C4H7O2S. The maximum atomic E-state index is 10.1. The van der Waals surface area contributed by atoms with Crippen molar-refractivity contribution in [3.05, 3.63) is 6.42 Å². The maximum absolute atomic E-state index is 10.1. The summed E-state index contributed by atoms with van der Waals surface area (Å²) >= 11 is 3.76. The first kappa shape index (κ1) is 6.82. The van der Waals surface area contributed by atoms with Crippen LogP contribution in [0.25, 0.3) is 0 Å². The van der Waals surface area contributed by atoms with Gasteiger partial charge in [-0.25, -0.2) is 0 Å². The van der Waals surface area contributed by atoms with Crippen molar-refractivity contribution in [2.24, 2.45) is 0 Å². The number of hydrogen-bond donors (Lipinski definition) is 1. The van der Waals surface area contributed by atoms with Crippen LogP contribution in [0.4, 0.5) is 0 Å². The minimum Gasteiger partial charge on any atom is -0.469 e. The molecule has 0 unspecified atom stereocenters. The number of methoxy groups -OCH3 is 1. The number of hydrogen-bond acceptors (Lipinski definition) is 3. The lowest BCUT2D eigenvalue weighted by Crippen LogP contribution is -2.00. The molecule has 0 bridgehead atoms. The third-order valence-corrected chi connectivity index (χ3v) is 0.642. The van der Waals surface area contributed by atoms with Crippen LogP contribution in [-0.4, -0.2) is 18.8 Å². The third kappa shape index (κ3) is 3.66. The topological polar surface area (TPSA) is 26.3 Å². The predicted molar refractivity (Wildman–Crippen MR) is 30.2 cm³/mol. The van der Waals surface area contributed by atoms with Gasteiger partial charge in [-0.15, -0.1) is 0 Å². The number of carbonyl (C=O) groups excluding carboxylic acids is 1. The summed E-state index contributed by atoms with van der Waals surface area (Å²) in [6, 6.07) is 0. The molecule has 0 N–H and O–H groups in total. The zero-order chi connectivity index (χ0) is 5.70. The number of rotatable bonds is 2. The van der Waals surface area contributed by atoms with Crippen LogP contribution < -0.4 is 0 Å². The first-order chi connectivity index (χ1) is 3.31. The predicted octanol–water partition coefficient (Wildman–Crippen LogP) is 0.293. The Bertz CT molecular complexity index is 62.7. The highest BCUT2D eigenvalue weighted by molar-refractivity contribution is 7.80. The van der Waals surface area contributed by atoms with Crippen molar-refractivity contribution in [1.82, 2.24) is 0 Å². The second-order valence-electron chi connectivity index (χ2n) is 0.910. The van der Waals surface area contributed by atoms with E-state index >= 15 is 0 Å². The van der Waals surface area contributed by atoms with Gasteiger partial charge in [-0.1, -0.05) is 0 Å². The molecule has 0 saturated carbocycles. The first-order valence-electron chi connectivity index (χ1n) is 1.83. The molecule has 0 fully saturated rings. The molecule has 0 aliphatic carbocycles. The summed E-state index contributed by atoms with van der Waals surface area (Å²) in [5, 5.41) is 0. The van der Waals surface area contributed by atoms with Gasteiger partial charge in [0.25, 0.3) is 0 Å². The molecular weight excluding hydrogens is 112 g/mol. The highest BCUT2D eigenvalue weighted by Gasteiger charge is 1.94. The number of ether oxygens (including phenoxy) is 1. The van der Waals surface area contributed by atoms with Gasteiger partial charge >= 0.3 is 5.97 Å². The van der Waals surface area contributed by atoms with Gasteiger partial charge in [0.05, 0.1) is 13.5 Å². The summed E-state index contributed by atoms with van der Waals surface area (Å²) in [5.74, 6) is 0.113. The van der Waals surface area contributed by atoms with E-state index in [-0.39, 0.29) is 5.97 Å². The van der Waals surface area contributed by atoms with Crippen molar-refractivity contribution in [3.63, 3.8) is 0 Å². The van der Waals surface area contributed by atoms with Crippen molar-refractivity contribution in [3.8, 4) is 0 Å². The lowest BCUT2D eigenvalue weighted by atomic mass is 10.5. The van der Waals surface area contributed by atoms with Crippen LogP contribution in [0.2, 0.25) is 0 Å². The normalized spacial score (nSPS) is 8.29. The fourth-order valence-electron chi connectivity index (χ4n) is 0.158. The summed E-state index contributed by atoms with van der Waals surface area (Å²) in [7, 11) is 1.34. The van der Waals surface area contributed by atoms with Crippen molar-refractivity contribution in [2.45, 2.75) is 0 Å². The molecule has 0 aromatic rings. The fraction of sp³-hybridized carbons (Fsp3) is 0.500. The minimum atomic E-state index is -0.324. The summed E-state index contributed by atoms with van der Waals surface area (Å²) in [5.41, 5.74) is 0. The van der Waals surface area contributed by atoms with Gasteiger partial charge in [-0.2, -0.15) is 12.6 Å². The number of esters is 1. The second-order valence-corrected chi connectivity index (χ2v) is 1.28. The Morgan fingerprint density at radius 2 is 2.57 bits per heavy atom. The molecule has 41 valence electrons. The Balaban J connectivity index is 3.00. The van der Waals surface area contributed by atoms with Gasteiger partial charge in [0, 0.05) is 5.75 Å². The SMILES string of the molecule is COC(=O)[CH]CS. The molecule has 0 aliphatic heterocycles. The Hall–Kier alpha value is -0.180. The summed E-state index contributed by atoms with van der Waals surface area (Å²) in [6.07, 6.45) is 1.35. The molecule has 0 saturated heterocycles. The van der Waals surface area contributed by atoms with E-state index in [0.717, 1.165) is 0 Å². The first-order valence-corrected chi connectivity index (χ1v) is 2.46. The monoisotopic (exact) mass is 119 g/mol. The van der Waals surface area contributed by atoms with Crippen LogP contribution in [0.5, 0.6) is 0 Å². The van der Waals surface area contributed by atoms with E-state index in [1.54, 1.807) is 0 Å². The van der Waals surface area contributed by atoms with Gasteiger partial charge in [0.15, 0.2) is 0 Å². The molecule has 7 heavy (non-hydrogen) atoms. The fourth-order valence-corrected chi connectivity index (χ4v) is 0.307. The van der Waals surface area contributed by atoms with Gasteiger partial charge in [-0.3, -0.25) is 4.79 Å². The Morgan fingerprint density at radius 1 is 2.00 bits per heavy atom. The molecule has 0 aromatic heterocycles. The van der Waals surface area contributed by atoms with Crippen molar-refractivity contribution < 1.29 is 9.53 Å². The Morgan fingerprint density at radius 3 is 2.71 bits per heavy atom. The van der Waals surface area contributed by atoms with Crippen LogP contribution in [0, 0.1) is 6.42 Å². The average molecular weight is 119 g/mol. The van der Waals surface area contributed by atoms with Crippen molar-refractivity contribution >= 4 is 18.6 Å². The zero-order valence-electron chi connectivity index (χ0n) is 4.05. The van der Waals surface area contributed by atoms with Crippen LogP contribution >= 0.6 is 12.6 Å². The van der Waals surface area contributed by atoms with E-state index in [1.165, 1.54) is 13.5 Å². The lowest BCUT2D eigenvalue weighted by Gasteiger charge is -1.90. The zero-order valence-corrected chi connectivity index (χ0v) is 4.94. The quantitative estimate of drug-likeness (QED) is 0.418. The third-order valence-electron chi connectivity index (χ3n) is 0.459. The summed E-state index contributed by atoms with van der Waals surface area (Å²) in [6.45, 7) is 0. The minimum absolute atomic E-state index is 0.324. The van der Waals surface area contributed by atoms with Gasteiger partial charge in [0.2, 0.25) is 0 Å².